The minimum atomic E-state index is -0.559. The number of aromatic nitrogens is 2. The molecule has 2 aromatic rings. The lowest BCUT2D eigenvalue weighted by atomic mass is 10.2. The molecule has 22 heavy (non-hydrogen) atoms. The van der Waals surface area contributed by atoms with Gasteiger partial charge in [-0.25, -0.2) is 4.79 Å². The molecule has 1 fully saturated rings. The van der Waals surface area contributed by atoms with Crippen molar-refractivity contribution >= 4 is 17.2 Å². The summed E-state index contributed by atoms with van der Waals surface area (Å²) in [5.74, 6) is -0.289. The lowest BCUT2D eigenvalue weighted by Crippen LogP contribution is -2.33. The van der Waals surface area contributed by atoms with Crippen LogP contribution in [-0.2, 0) is 24.2 Å². The topological polar surface area (TPSA) is 68.3 Å². The number of hydrogen-bond acceptors (Lipinski definition) is 5. The Kier molecular flexibility index (Phi) is 3.37. The van der Waals surface area contributed by atoms with Crippen LogP contribution >= 0.6 is 11.3 Å². The van der Waals surface area contributed by atoms with Gasteiger partial charge in [-0.15, -0.1) is 16.4 Å². The summed E-state index contributed by atoms with van der Waals surface area (Å²) in [4.78, 5) is 28.0. The number of carbonyl (C=O) groups is 1. The Morgan fingerprint density at radius 2 is 2.09 bits per heavy atom. The Morgan fingerprint density at radius 1 is 1.27 bits per heavy atom. The molecule has 2 aromatic heterocycles. The van der Waals surface area contributed by atoms with Crippen molar-refractivity contribution in [1.29, 1.82) is 0 Å². The van der Waals surface area contributed by atoms with E-state index in [2.05, 4.69) is 11.2 Å². The molecule has 3 heterocycles. The van der Waals surface area contributed by atoms with Crippen molar-refractivity contribution in [2.75, 3.05) is 13.1 Å². The van der Waals surface area contributed by atoms with Gasteiger partial charge in [-0.2, -0.15) is 4.68 Å². The van der Waals surface area contributed by atoms with E-state index in [4.69, 9.17) is 4.42 Å². The third kappa shape index (κ3) is 2.39. The average molecular weight is 319 g/mol. The maximum atomic E-state index is 12.1. The van der Waals surface area contributed by atoms with E-state index in [0.717, 1.165) is 48.3 Å². The van der Waals surface area contributed by atoms with Crippen LogP contribution in [0.4, 0.5) is 0 Å². The van der Waals surface area contributed by atoms with Crippen LogP contribution in [-0.4, -0.2) is 33.7 Å². The van der Waals surface area contributed by atoms with E-state index in [1.54, 1.807) is 16.2 Å². The fourth-order valence-electron chi connectivity index (χ4n) is 3.13. The van der Waals surface area contributed by atoms with Crippen molar-refractivity contribution in [3.63, 3.8) is 0 Å². The highest BCUT2D eigenvalue weighted by molar-refractivity contribution is 7.15. The predicted octanol–water partition coefficient (Wildman–Crippen LogP) is 1.68. The van der Waals surface area contributed by atoms with Crippen LogP contribution in [0.2, 0.25) is 0 Å². The Bertz CT molecular complexity index is 746. The maximum Gasteiger partial charge on any atom is 0.437 e. The second-order valence-electron chi connectivity index (χ2n) is 5.83. The molecule has 6 nitrogen and oxygen atoms in total. The number of nitrogens with zero attached hydrogens (tertiary/aromatic N) is 3. The van der Waals surface area contributed by atoms with Gasteiger partial charge in [0, 0.05) is 18.0 Å². The summed E-state index contributed by atoms with van der Waals surface area (Å²) in [6.07, 6.45) is 5.45. The van der Waals surface area contributed by atoms with E-state index in [1.807, 2.05) is 0 Å². The average Bonchev–Trinajstić information content (AvgIpc) is 3.21. The molecule has 0 radical (unpaired) electrons. The lowest BCUT2D eigenvalue weighted by molar-refractivity contribution is -0.131. The summed E-state index contributed by atoms with van der Waals surface area (Å²) in [6.45, 7) is 1.51. The monoisotopic (exact) mass is 319 g/mol. The molecule has 0 bridgehead atoms. The highest BCUT2D eigenvalue weighted by atomic mass is 32.1. The third-order valence-corrected chi connectivity index (χ3v) is 5.53. The van der Waals surface area contributed by atoms with Crippen LogP contribution in [0.3, 0.4) is 0 Å². The number of carbonyl (C=O) groups excluding carboxylic acids is 1. The predicted molar refractivity (Wildman–Crippen MR) is 81.9 cm³/mol. The van der Waals surface area contributed by atoms with E-state index in [9.17, 15) is 9.59 Å². The largest absolute Gasteiger partial charge is 0.437 e. The molecule has 1 saturated heterocycles. The van der Waals surface area contributed by atoms with Gasteiger partial charge in [-0.1, -0.05) is 0 Å². The fourth-order valence-corrected chi connectivity index (χ4v) is 4.31. The second kappa shape index (κ2) is 5.39. The molecule has 0 aromatic carbocycles. The fraction of sp³-hybridized carbons (Fsp3) is 0.533. The van der Waals surface area contributed by atoms with Crippen molar-refractivity contribution in [1.82, 2.24) is 14.7 Å². The zero-order chi connectivity index (χ0) is 15.1. The molecule has 1 aliphatic carbocycles. The maximum absolute atomic E-state index is 12.1. The lowest BCUT2D eigenvalue weighted by Gasteiger charge is -2.13. The zero-order valence-electron chi connectivity index (χ0n) is 12.2. The number of rotatable bonds is 3. The summed E-state index contributed by atoms with van der Waals surface area (Å²) in [5.41, 5.74) is 1.34. The molecule has 0 saturated carbocycles. The molecule has 1 aliphatic heterocycles. The Morgan fingerprint density at radius 3 is 2.86 bits per heavy atom. The summed E-state index contributed by atoms with van der Waals surface area (Å²) in [5, 5.41) is 4.20. The second-order valence-corrected chi connectivity index (χ2v) is 6.97. The standard InChI is InChI=1S/C15H17N3O3S/c19-13(17-6-1-2-7-17)9-18-15(20)21-14(16-18)12-8-10-4-3-5-11(10)22-12/h8H,1-7,9H2. The summed E-state index contributed by atoms with van der Waals surface area (Å²) >= 11 is 1.64. The molecule has 1 amide bonds. The molecule has 0 atom stereocenters. The van der Waals surface area contributed by atoms with E-state index in [1.165, 1.54) is 16.9 Å². The van der Waals surface area contributed by atoms with E-state index >= 15 is 0 Å². The SMILES string of the molecule is O=C(Cn1nc(-c2cc3c(s2)CCC3)oc1=O)N1CCCC1. The Hall–Kier alpha value is -1.89. The van der Waals surface area contributed by atoms with Gasteiger partial charge in [0.2, 0.25) is 5.91 Å². The number of aryl methyl sites for hydroxylation is 2. The van der Waals surface area contributed by atoms with Crippen molar-refractivity contribution in [2.45, 2.75) is 38.6 Å². The van der Waals surface area contributed by atoms with Gasteiger partial charge in [-0.3, -0.25) is 4.79 Å². The summed E-state index contributed by atoms with van der Waals surface area (Å²) < 4.78 is 6.38. The first kappa shape index (κ1) is 13.8. The van der Waals surface area contributed by atoms with Gasteiger partial charge < -0.3 is 9.32 Å². The van der Waals surface area contributed by atoms with Gasteiger partial charge in [0.1, 0.15) is 6.54 Å². The minimum absolute atomic E-state index is 0.0343. The molecule has 0 spiro atoms. The van der Waals surface area contributed by atoms with Gasteiger partial charge >= 0.3 is 5.76 Å². The van der Waals surface area contributed by atoms with E-state index in [-0.39, 0.29) is 12.5 Å². The number of hydrogen-bond donors (Lipinski definition) is 0. The molecular formula is C15H17N3O3S. The number of thiophene rings is 1. The van der Waals surface area contributed by atoms with Crippen molar-refractivity contribution in [3.8, 4) is 10.8 Å². The normalized spacial score (nSPS) is 17.2. The number of fused-ring (bicyclic) bond motifs is 1. The molecular weight excluding hydrogens is 302 g/mol. The first-order valence-electron chi connectivity index (χ1n) is 7.68. The first-order chi connectivity index (χ1) is 10.7. The number of amides is 1. The van der Waals surface area contributed by atoms with Crippen LogP contribution in [0.5, 0.6) is 0 Å². The van der Waals surface area contributed by atoms with Crippen molar-refractivity contribution in [3.05, 3.63) is 27.1 Å². The van der Waals surface area contributed by atoms with Crippen LogP contribution < -0.4 is 5.76 Å². The van der Waals surface area contributed by atoms with E-state index < -0.39 is 5.76 Å². The Balaban J connectivity index is 1.55. The summed E-state index contributed by atoms with van der Waals surface area (Å²) in [6, 6.07) is 2.06. The molecule has 0 unspecified atom stereocenters. The van der Waals surface area contributed by atoms with Crippen molar-refractivity contribution in [2.24, 2.45) is 0 Å². The van der Waals surface area contributed by atoms with Crippen LogP contribution in [0, 0.1) is 0 Å². The van der Waals surface area contributed by atoms with Crippen molar-refractivity contribution < 1.29 is 9.21 Å². The molecule has 4 rings (SSSR count). The highest BCUT2D eigenvalue weighted by Crippen LogP contribution is 2.35. The molecule has 116 valence electrons. The first-order valence-corrected chi connectivity index (χ1v) is 8.50. The van der Waals surface area contributed by atoms with Crippen LogP contribution in [0.25, 0.3) is 10.8 Å². The highest BCUT2D eigenvalue weighted by Gasteiger charge is 2.22. The van der Waals surface area contributed by atoms with Crippen LogP contribution in [0.1, 0.15) is 29.7 Å². The van der Waals surface area contributed by atoms with Crippen LogP contribution in [0.15, 0.2) is 15.3 Å². The third-order valence-electron chi connectivity index (χ3n) is 4.31. The van der Waals surface area contributed by atoms with Gasteiger partial charge in [-0.05, 0) is 43.7 Å². The molecule has 2 aliphatic rings. The van der Waals surface area contributed by atoms with E-state index in [0.29, 0.717) is 5.89 Å². The minimum Gasteiger partial charge on any atom is -0.387 e. The molecule has 0 N–H and O–H groups in total. The zero-order valence-corrected chi connectivity index (χ0v) is 13.0. The Labute approximate surface area is 131 Å². The number of likely N-dealkylation sites (tertiary alicyclic amines) is 1. The van der Waals surface area contributed by atoms with Gasteiger partial charge in [0.15, 0.2) is 0 Å². The van der Waals surface area contributed by atoms with Gasteiger partial charge in [0.25, 0.3) is 5.89 Å². The molecule has 7 heteroatoms. The summed E-state index contributed by atoms with van der Waals surface area (Å²) in [7, 11) is 0. The smallest absolute Gasteiger partial charge is 0.387 e. The quantitative estimate of drug-likeness (QED) is 0.863. The van der Waals surface area contributed by atoms with Gasteiger partial charge in [0.05, 0.1) is 4.88 Å².